The van der Waals surface area contributed by atoms with E-state index in [9.17, 15) is 43.2 Å². The Labute approximate surface area is 568 Å². The molecule has 6 atom stereocenters. The van der Waals surface area contributed by atoms with Crippen molar-refractivity contribution < 1.29 is 80.2 Å². The maximum Gasteiger partial charge on any atom is 0.472 e. The van der Waals surface area contributed by atoms with Crippen LogP contribution < -0.4 is 0 Å². The lowest BCUT2D eigenvalue weighted by Crippen LogP contribution is -2.30. The van der Waals surface area contributed by atoms with Gasteiger partial charge in [-0.2, -0.15) is 0 Å². The van der Waals surface area contributed by atoms with Crippen molar-refractivity contribution in [3.05, 3.63) is 0 Å². The monoisotopic (exact) mass is 1370 g/mol. The topological polar surface area (TPSA) is 237 Å². The molecule has 19 heteroatoms. The zero-order valence-electron chi connectivity index (χ0n) is 60.4. The molecule has 0 aromatic rings. The summed E-state index contributed by atoms with van der Waals surface area (Å²) in [6.45, 7) is 7.29. The van der Waals surface area contributed by atoms with Gasteiger partial charge in [0.1, 0.15) is 19.3 Å². The van der Waals surface area contributed by atoms with Gasteiger partial charge in [0.05, 0.1) is 26.4 Å². The number of esters is 4. The van der Waals surface area contributed by atoms with Crippen LogP contribution >= 0.6 is 15.6 Å². The maximum absolute atomic E-state index is 13.1. The van der Waals surface area contributed by atoms with Gasteiger partial charge in [0, 0.05) is 25.7 Å². The van der Waals surface area contributed by atoms with E-state index in [4.69, 9.17) is 37.0 Å². The fourth-order valence-electron chi connectivity index (χ4n) is 11.3. The van der Waals surface area contributed by atoms with Gasteiger partial charge in [0.2, 0.25) is 0 Å². The van der Waals surface area contributed by atoms with Crippen molar-refractivity contribution in [2.75, 3.05) is 39.6 Å². The zero-order valence-corrected chi connectivity index (χ0v) is 62.2. The summed E-state index contributed by atoms with van der Waals surface area (Å²) in [4.78, 5) is 72.7. The number of rotatable bonds is 74. The molecule has 0 radical (unpaired) electrons. The van der Waals surface area contributed by atoms with Gasteiger partial charge >= 0.3 is 39.5 Å². The van der Waals surface area contributed by atoms with Crippen LogP contribution in [-0.2, 0) is 65.4 Å². The Morgan fingerprint density at radius 3 is 0.763 bits per heavy atom. The molecule has 0 fully saturated rings. The Bertz CT molecular complexity index is 1790. The van der Waals surface area contributed by atoms with Gasteiger partial charge in [0.15, 0.2) is 12.2 Å². The van der Waals surface area contributed by atoms with E-state index in [2.05, 4.69) is 34.6 Å². The number of phosphoric ester groups is 2. The van der Waals surface area contributed by atoms with Crippen molar-refractivity contribution in [3.8, 4) is 0 Å². The smallest absolute Gasteiger partial charge is 0.462 e. The van der Waals surface area contributed by atoms with Crippen molar-refractivity contribution in [3.63, 3.8) is 0 Å². The number of hydrogen-bond acceptors (Lipinski definition) is 15. The van der Waals surface area contributed by atoms with Crippen molar-refractivity contribution in [1.29, 1.82) is 0 Å². The molecule has 0 bridgehead atoms. The van der Waals surface area contributed by atoms with Crippen LogP contribution in [0.2, 0.25) is 0 Å². The Morgan fingerprint density at radius 2 is 0.516 bits per heavy atom. The summed E-state index contributed by atoms with van der Waals surface area (Å²) in [6, 6.07) is 0. The Balaban J connectivity index is 5.22. The highest BCUT2D eigenvalue weighted by atomic mass is 31.2. The summed E-state index contributed by atoms with van der Waals surface area (Å²) >= 11 is 0. The highest BCUT2D eigenvalue weighted by Crippen LogP contribution is 2.45. The van der Waals surface area contributed by atoms with E-state index in [1.54, 1.807) is 0 Å². The predicted octanol–water partition coefficient (Wildman–Crippen LogP) is 21.7. The van der Waals surface area contributed by atoms with E-state index in [-0.39, 0.29) is 25.7 Å². The second-order valence-electron chi connectivity index (χ2n) is 26.9. The van der Waals surface area contributed by atoms with Gasteiger partial charge in [-0.05, 0) is 31.6 Å². The fraction of sp³-hybridized carbons (Fsp3) is 0.946. The van der Waals surface area contributed by atoms with Crippen molar-refractivity contribution >= 4 is 39.5 Å². The predicted molar refractivity (Wildman–Crippen MR) is 377 cm³/mol. The summed E-state index contributed by atoms with van der Waals surface area (Å²) in [7, 11) is -9.90. The van der Waals surface area contributed by atoms with Gasteiger partial charge in [-0.15, -0.1) is 0 Å². The van der Waals surface area contributed by atoms with E-state index < -0.39 is 97.5 Å². The zero-order chi connectivity index (χ0) is 68.4. The lowest BCUT2D eigenvalue weighted by molar-refractivity contribution is -0.161. The molecule has 0 heterocycles. The Hall–Kier alpha value is -1.94. The van der Waals surface area contributed by atoms with Gasteiger partial charge in [-0.1, -0.05) is 336 Å². The first-order chi connectivity index (χ1) is 45.1. The molecule has 552 valence electrons. The van der Waals surface area contributed by atoms with Crippen LogP contribution in [0.4, 0.5) is 0 Å². The molecule has 93 heavy (non-hydrogen) atoms. The molecule has 17 nitrogen and oxygen atoms in total. The van der Waals surface area contributed by atoms with Gasteiger partial charge in [-0.25, -0.2) is 9.13 Å². The molecule has 0 amide bonds. The number of phosphoric acid groups is 2. The molecule has 3 unspecified atom stereocenters. The molecule has 0 aliphatic rings. The molecule has 0 spiro atoms. The normalized spacial score (nSPS) is 14.3. The molecule has 0 aliphatic heterocycles. The third-order valence-corrected chi connectivity index (χ3v) is 19.5. The third-order valence-electron chi connectivity index (χ3n) is 17.6. The summed E-state index contributed by atoms with van der Waals surface area (Å²) in [5, 5.41) is 10.6. The van der Waals surface area contributed by atoms with Crippen molar-refractivity contribution in [2.24, 2.45) is 5.92 Å². The molecule has 0 aliphatic carbocycles. The summed E-state index contributed by atoms with van der Waals surface area (Å²) in [5.74, 6) is -1.31. The third kappa shape index (κ3) is 67.0. The number of carbonyl (C=O) groups is 4. The average Bonchev–Trinajstić information content (AvgIpc) is 3.24. The molecule has 0 saturated carbocycles. The van der Waals surface area contributed by atoms with Crippen LogP contribution in [0.15, 0.2) is 0 Å². The number of unbranched alkanes of at least 4 members (excludes halogenated alkanes) is 45. The second kappa shape index (κ2) is 67.3. The second-order valence-corrected chi connectivity index (χ2v) is 29.8. The minimum atomic E-state index is -4.95. The minimum absolute atomic E-state index is 0.108. The molecular weight excluding hydrogens is 1220 g/mol. The first-order valence-corrected chi connectivity index (χ1v) is 41.7. The van der Waals surface area contributed by atoms with Crippen molar-refractivity contribution in [2.45, 2.75) is 406 Å². The van der Waals surface area contributed by atoms with Gasteiger partial charge in [0.25, 0.3) is 0 Å². The molecule has 0 saturated heterocycles. The number of aliphatic hydroxyl groups excluding tert-OH is 1. The average molecular weight is 1370 g/mol. The number of carbonyl (C=O) groups excluding carboxylic acids is 4. The Kier molecular flexibility index (Phi) is 65.9. The molecule has 0 aromatic heterocycles. The van der Waals surface area contributed by atoms with Crippen LogP contribution in [-0.4, -0.2) is 96.7 Å². The highest BCUT2D eigenvalue weighted by molar-refractivity contribution is 7.47. The summed E-state index contributed by atoms with van der Waals surface area (Å²) < 4.78 is 68.4. The first-order valence-electron chi connectivity index (χ1n) is 38.7. The number of aliphatic hydroxyl groups is 1. The SMILES string of the molecule is CCCCCCCCCCCCCCCCCCCC(=O)O[C@H](COC(=O)CCCCCCCCCCCCC(C)CC)COP(=O)(O)OC[C@@H](O)COP(=O)(O)OC[C@@H](COC(=O)CCCCCCCCCC)OC(=O)CCCCCCCCCCCCCCCC. The van der Waals surface area contributed by atoms with Crippen LogP contribution in [0.3, 0.4) is 0 Å². The Morgan fingerprint density at radius 1 is 0.301 bits per heavy atom. The molecule has 3 N–H and O–H groups in total. The van der Waals surface area contributed by atoms with Crippen molar-refractivity contribution in [1.82, 2.24) is 0 Å². The van der Waals surface area contributed by atoms with Gasteiger partial charge < -0.3 is 33.8 Å². The van der Waals surface area contributed by atoms with Crippen LogP contribution in [0.25, 0.3) is 0 Å². The molecule has 0 rings (SSSR count). The minimum Gasteiger partial charge on any atom is -0.462 e. The quantitative estimate of drug-likeness (QED) is 0.0222. The highest BCUT2D eigenvalue weighted by Gasteiger charge is 2.30. The maximum atomic E-state index is 13.1. The lowest BCUT2D eigenvalue weighted by Gasteiger charge is -2.21. The van der Waals surface area contributed by atoms with E-state index in [1.165, 1.54) is 205 Å². The first kappa shape index (κ1) is 91.1. The number of ether oxygens (including phenoxy) is 4. The largest absolute Gasteiger partial charge is 0.472 e. The number of hydrogen-bond donors (Lipinski definition) is 3. The summed E-state index contributed by atoms with van der Waals surface area (Å²) in [6.07, 6.45) is 55.4. The fourth-order valence-corrected chi connectivity index (χ4v) is 12.9. The molecular formula is C74H144O17P2. The molecule has 0 aromatic carbocycles. The van der Waals surface area contributed by atoms with Crippen LogP contribution in [0.1, 0.15) is 388 Å². The standard InChI is InChI=1S/C74H144O17P2/c1-6-10-13-16-19-22-24-26-28-29-30-32-34-40-45-50-55-60-74(79)91-70(64-85-72(77)58-53-48-43-38-36-35-37-41-46-51-56-67(5)9-4)66-89-93(82,83)87-62-68(75)61-86-92(80,81)88-65-69(63-84-71(76)57-52-47-42-21-18-15-12-8-3)90-73(78)59-54-49-44-39-33-31-27-25-23-20-17-14-11-7-2/h67-70,75H,6-66H2,1-5H3,(H,80,81)(H,82,83)/t67?,68-,69+,70+/m0/s1. The van der Waals surface area contributed by atoms with Crippen LogP contribution in [0, 0.1) is 5.92 Å². The lowest BCUT2D eigenvalue weighted by atomic mass is 9.99. The van der Waals surface area contributed by atoms with E-state index in [0.717, 1.165) is 102 Å². The summed E-state index contributed by atoms with van der Waals surface area (Å²) in [5.41, 5.74) is 0. The van der Waals surface area contributed by atoms with E-state index in [0.29, 0.717) is 25.7 Å². The van der Waals surface area contributed by atoms with Crippen LogP contribution in [0.5, 0.6) is 0 Å². The van der Waals surface area contributed by atoms with Gasteiger partial charge in [-0.3, -0.25) is 37.3 Å². The van der Waals surface area contributed by atoms with E-state index >= 15 is 0 Å². The van der Waals surface area contributed by atoms with E-state index in [1.807, 2.05) is 0 Å².